The van der Waals surface area contributed by atoms with Crippen LogP contribution in [-0.2, 0) is 11.3 Å². The van der Waals surface area contributed by atoms with E-state index in [4.69, 9.17) is 0 Å². The highest BCUT2D eigenvalue weighted by atomic mass is 16.2. The summed E-state index contributed by atoms with van der Waals surface area (Å²) < 4.78 is 1.40. The summed E-state index contributed by atoms with van der Waals surface area (Å²) in [6, 6.07) is 7.40. The zero-order valence-electron chi connectivity index (χ0n) is 12.9. The van der Waals surface area contributed by atoms with Gasteiger partial charge in [0.15, 0.2) is 0 Å². The predicted molar refractivity (Wildman–Crippen MR) is 84.7 cm³/mol. The highest BCUT2D eigenvalue weighted by molar-refractivity contribution is 5.92. The number of benzene rings is 1. The van der Waals surface area contributed by atoms with Crippen LogP contribution in [0.25, 0.3) is 0 Å². The van der Waals surface area contributed by atoms with Crippen LogP contribution in [0.2, 0.25) is 0 Å². The summed E-state index contributed by atoms with van der Waals surface area (Å²) >= 11 is 0. The summed E-state index contributed by atoms with van der Waals surface area (Å²) in [5.41, 5.74) is 4.77. The lowest BCUT2D eigenvalue weighted by Gasteiger charge is -2.13. The molecule has 0 unspecified atom stereocenters. The van der Waals surface area contributed by atoms with Crippen LogP contribution >= 0.6 is 0 Å². The van der Waals surface area contributed by atoms with E-state index in [0.29, 0.717) is 0 Å². The molecule has 21 heavy (non-hydrogen) atoms. The molecule has 2 aromatic rings. The third kappa shape index (κ3) is 3.60. The van der Waals surface area contributed by atoms with Crippen LogP contribution < -0.4 is 10.9 Å². The number of nitrogens with zero attached hydrogens (tertiary/aromatic N) is 1. The van der Waals surface area contributed by atoms with Crippen molar-refractivity contribution < 1.29 is 4.79 Å². The van der Waals surface area contributed by atoms with Gasteiger partial charge in [-0.2, -0.15) is 0 Å². The minimum atomic E-state index is -0.198. The van der Waals surface area contributed by atoms with E-state index in [1.807, 2.05) is 45.9 Å². The molecule has 0 radical (unpaired) electrons. The fourth-order valence-electron chi connectivity index (χ4n) is 2.45. The molecular formula is C17H20N2O2. The number of carbonyl (C=O) groups is 1. The van der Waals surface area contributed by atoms with E-state index in [1.54, 1.807) is 6.20 Å². The van der Waals surface area contributed by atoms with E-state index < -0.39 is 0 Å². The van der Waals surface area contributed by atoms with Gasteiger partial charge in [-0.25, -0.2) is 0 Å². The van der Waals surface area contributed by atoms with Crippen molar-refractivity contribution in [2.75, 3.05) is 5.32 Å². The number of hydrogen-bond acceptors (Lipinski definition) is 2. The molecule has 1 heterocycles. The molecule has 0 spiro atoms. The quantitative estimate of drug-likeness (QED) is 0.942. The van der Waals surface area contributed by atoms with Crippen LogP contribution in [0, 0.1) is 27.7 Å². The Kier molecular flexibility index (Phi) is 4.26. The zero-order valence-corrected chi connectivity index (χ0v) is 12.9. The van der Waals surface area contributed by atoms with E-state index in [9.17, 15) is 9.59 Å². The zero-order chi connectivity index (χ0) is 15.6. The SMILES string of the molecule is Cc1cc(C)c(NC(=O)Cn2ccc(C)cc2=O)c(C)c1. The Morgan fingerprint density at radius 2 is 1.67 bits per heavy atom. The standard InChI is InChI=1S/C17H20N2O2/c1-11-5-6-19(16(21)9-11)10-15(20)18-17-13(3)7-12(2)8-14(17)4/h5-9H,10H2,1-4H3,(H,18,20). The van der Waals surface area contributed by atoms with Gasteiger partial charge in [-0.3, -0.25) is 9.59 Å². The van der Waals surface area contributed by atoms with Gasteiger partial charge in [-0.1, -0.05) is 17.7 Å². The summed E-state index contributed by atoms with van der Waals surface area (Å²) in [6.07, 6.45) is 1.64. The first-order chi connectivity index (χ1) is 9.86. The molecular weight excluding hydrogens is 264 g/mol. The molecule has 1 aromatic carbocycles. The van der Waals surface area contributed by atoms with E-state index in [1.165, 1.54) is 10.6 Å². The van der Waals surface area contributed by atoms with Crippen molar-refractivity contribution >= 4 is 11.6 Å². The van der Waals surface area contributed by atoms with Gasteiger partial charge in [0.2, 0.25) is 5.91 Å². The molecule has 4 heteroatoms. The number of anilines is 1. The Labute approximate surface area is 124 Å². The Bertz CT molecular complexity index is 722. The molecule has 110 valence electrons. The highest BCUT2D eigenvalue weighted by Gasteiger charge is 2.09. The first-order valence-electron chi connectivity index (χ1n) is 6.91. The van der Waals surface area contributed by atoms with Crippen LogP contribution in [0.1, 0.15) is 22.3 Å². The first-order valence-corrected chi connectivity index (χ1v) is 6.91. The number of carbonyl (C=O) groups excluding carboxylic acids is 1. The minimum Gasteiger partial charge on any atom is -0.324 e. The lowest BCUT2D eigenvalue weighted by Crippen LogP contribution is -2.27. The molecule has 4 nitrogen and oxygen atoms in total. The van der Waals surface area contributed by atoms with E-state index >= 15 is 0 Å². The lowest BCUT2D eigenvalue weighted by atomic mass is 10.1. The first kappa shape index (κ1) is 15.0. The van der Waals surface area contributed by atoms with Gasteiger partial charge in [0, 0.05) is 18.0 Å². The fraction of sp³-hybridized carbons (Fsp3) is 0.294. The number of nitrogens with one attached hydrogen (secondary N) is 1. The maximum Gasteiger partial charge on any atom is 0.251 e. The Balaban J connectivity index is 2.17. The summed E-state index contributed by atoms with van der Waals surface area (Å²) in [6.45, 7) is 7.83. The Hall–Kier alpha value is -2.36. The van der Waals surface area contributed by atoms with Gasteiger partial charge < -0.3 is 9.88 Å². The summed E-state index contributed by atoms with van der Waals surface area (Å²) in [7, 11) is 0. The van der Waals surface area contributed by atoms with Gasteiger partial charge in [-0.05, 0) is 50.5 Å². The van der Waals surface area contributed by atoms with Crippen molar-refractivity contribution in [3.05, 3.63) is 63.1 Å². The molecule has 2 rings (SSSR count). The van der Waals surface area contributed by atoms with Crippen LogP contribution in [-0.4, -0.2) is 10.5 Å². The van der Waals surface area contributed by atoms with Crippen molar-refractivity contribution in [2.24, 2.45) is 0 Å². The van der Waals surface area contributed by atoms with Crippen molar-refractivity contribution in [2.45, 2.75) is 34.2 Å². The molecule has 0 saturated carbocycles. The number of hydrogen-bond donors (Lipinski definition) is 1. The largest absolute Gasteiger partial charge is 0.324 e. The van der Waals surface area contributed by atoms with Crippen molar-refractivity contribution in [3.8, 4) is 0 Å². The van der Waals surface area contributed by atoms with Crippen LogP contribution in [0.3, 0.4) is 0 Å². The fourth-order valence-corrected chi connectivity index (χ4v) is 2.45. The van der Waals surface area contributed by atoms with E-state index in [2.05, 4.69) is 5.32 Å². The molecule has 0 atom stereocenters. The average Bonchev–Trinajstić information content (AvgIpc) is 2.37. The second-order valence-corrected chi connectivity index (χ2v) is 5.49. The summed E-state index contributed by atoms with van der Waals surface area (Å²) in [5, 5.41) is 2.90. The van der Waals surface area contributed by atoms with Crippen LogP contribution in [0.15, 0.2) is 35.3 Å². The summed E-state index contributed by atoms with van der Waals surface area (Å²) in [5.74, 6) is -0.198. The topological polar surface area (TPSA) is 51.1 Å². The lowest BCUT2D eigenvalue weighted by molar-refractivity contribution is -0.116. The second kappa shape index (κ2) is 5.95. The summed E-state index contributed by atoms with van der Waals surface area (Å²) in [4.78, 5) is 23.9. The van der Waals surface area contributed by atoms with Gasteiger partial charge in [0.25, 0.3) is 5.56 Å². The van der Waals surface area contributed by atoms with Crippen LogP contribution in [0.4, 0.5) is 5.69 Å². The smallest absolute Gasteiger partial charge is 0.251 e. The number of pyridine rings is 1. The molecule has 0 saturated heterocycles. The van der Waals surface area contributed by atoms with Crippen molar-refractivity contribution in [1.82, 2.24) is 4.57 Å². The van der Waals surface area contributed by atoms with Crippen LogP contribution in [0.5, 0.6) is 0 Å². The second-order valence-electron chi connectivity index (χ2n) is 5.49. The molecule has 1 aromatic heterocycles. The van der Waals surface area contributed by atoms with Crippen molar-refractivity contribution in [3.63, 3.8) is 0 Å². The molecule has 0 aliphatic carbocycles. The molecule has 0 bridgehead atoms. The van der Waals surface area contributed by atoms with Gasteiger partial charge >= 0.3 is 0 Å². The number of amides is 1. The maximum atomic E-state index is 12.1. The average molecular weight is 284 g/mol. The van der Waals surface area contributed by atoms with E-state index in [0.717, 1.165) is 27.9 Å². The number of aryl methyl sites for hydroxylation is 4. The monoisotopic (exact) mass is 284 g/mol. The maximum absolute atomic E-state index is 12.1. The Morgan fingerprint density at radius 3 is 2.24 bits per heavy atom. The third-order valence-electron chi connectivity index (χ3n) is 3.41. The normalized spacial score (nSPS) is 10.5. The molecule has 0 aliphatic heterocycles. The highest BCUT2D eigenvalue weighted by Crippen LogP contribution is 2.21. The van der Waals surface area contributed by atoms with Crippen molar-refractivity contribution in [1.29, 1.82) is 0 Å². The number of aromatic nitrogens is 1. The molecule has 0 aliphatic rings. The third-order valence-corrected chi connectivity index (χ3v) is 3.41. The Morgan fingerprint density at radius 1 is 1.05 bits per heavy atom. The predicted octanol–water partition coefficient (Wildman–Crippen LogP) is 2.72. The minimum absolute atomic E-state index is 0.0197. The van der Waals surface area contributed by atoms with Gasteiger partial charge in [0.1, 0.15) is 6.54 Å². The van der Waals surface area contributed by atoms with Gasteiger partial charge in [-0.15, -0.1) is 0 Å². The molecule has 0 fully saturated rings. The number of rotatable bonds is 3. The molecule has 1 amide bonds. The van der Waals surface area contributed by atoms with E-state index in [-0.39, 0.29) is 18.0 Å². The van der Waals surface area contributed by atoms with Gasteiger partial charge in [0.05, 0.1) is 0 Å². The molecule has 1 N–H and O–H groups in total.